The van der Waals surface area contributed by atoms with Crippen molar-refractivity contribution in [3.63, 3.8) is 0 Å². The summed E-state index contributed by atoms with van der Waals surface area (Å²) in [7, 11) is -3.89. The zero-order chi connectivity index (χ0) is 37.0. The first-order valence-corrected chi connectivity index (χ1v) is 19.7. The quantitative estimate of drug-likeness (QED) is 0.372. The highest BCUT2D eigenvalue weighted by Gasteiger charge is 2.62. The van der Waals surface area contributed by atoms with E-state index in [1.54, 1.807) is 6.20 Å². The maximum atomic E-state index is 14.6. The Morgan fingerprint density at radius 3 is 2.62 bits per heavy atom. The summed E-state index contributed by atoms with van der Waals surface area (Å²) in [6.45, 7) is 9.23. The van der Waals surface area contributed by atoms with Crippen LogP contribution in [0.25, 0.3) is 16.8 Å². The third-order valence-corrected chi connectivity index (χ3v) is 12.9. The molecule has 4 fully saturated rings. The Kier molecular flexibility index (Phi) is 9.33. The summed E-state index contributed by atoms with van der Waals surface area (Å²) in [5.74, 6) is -2.01. The lowest BCUT2D eigenvalue weighted by molar-refractivity contribution is -0.143. The number of nitrogens with one attached hydrogen (secondary N) is 3. The Hall–Kier alpha value is -4.46. The number of pyridine rings is 1. The van der Waals surface area contributed by atoms with Gasteiger partial charge in [-0.2, -0.15) is 0 Å². The monoisotopic (exact) mass is 733 g/mol. The molecule has 0 radical (unpaired) electrons. The molecular formula is C38H47N5O8S. The van der Waals surface area contributed by atoms with E-state index in [0.29, 0.717) is 18.7 Å². The minimum absolute atomic E-state index is 0.0112. The fourth-order valence-electron chi connectivity index (χ4n) is 7.82. The molecule has 2 aliphatic heterocycles. The fourth-order valence-corrected chi connectivity index (χ4v) is 9.18. The number of aromatic nitrogens is 1. The number of rotatable bonds is 6. The molecule has 0 spiro atoms. The molecule has 3 aliphatic carbocycles. The third kappa shape index (κ3) is 7.13. The van der Waals surface area contributed by atoms with E-state index in [9.17, 15) is 27.6 Å². The second-order valence-electron chi connectivity index (χ2n) is 16.0. The van der Waals surface area contributed by atoms with Gasteiger partial charge in [-0.05, 0) is 79.4 Å². The van der Waals surface area contributed by atoms with Crippen LogP contribution in [0.15, 0.2) is 49.2 Å². The van der Waals surface area contributed by atoms with Gasteiger partial charge in [-0.1, -0.05) is 51.1 Å². The highest BCUT2D eigenvalue weighted by atomic mass is 32.2. The number of nitrogens with zero attached hydrogens (tertiary/aromatic N) is 2. The summed E-state index contributed by atoms with van der Waals surface area (Å²) in [5, 5.41) is 6.69. The Morgan fingerprint density at radius 1 is 1.12 bits per heavy atom. The van der Waals surface area contributed by atoms with E-state index in [2.05, 4.69) is 33.0 Å². The first kappa shape index (κ1) is 35.9. The first-order valence-electron chi connectivity index (χ1n) is 18.2. The summed E-state index contributed by atoms with van der Waals surface area (Å²) >= 11 is 0. The molecule has 1 unspecified atom stereocenters. The van der Waals surface area contributed by atoms with E-state index in [-0.39, 0.29) is 31.4 Å². The second kappa shape index (κ2) is 13.5. The zero-order valence-electron chi connectivity index (χ0n) is 29.8. The van der Waals surface area contributed by atoms with Gasteiger partial charge in [-0.15, -0.1) is 6.58 Å². The van der Waals surface area contributed by atoms with E-state index >= 15 is 0 Å². The lowest BCUT2D eigenvalue weighted by Gasteiger charge is -2.35. The van der Waals surface area contributed by atoms with Gasteiger partial charge >= 0.3 is 6.09 Å². The number of fused-ring (bicyclic) bond motifs is 4. The number of alkyl carbamates (subject to hydrolysis) is 1. The number of sulfonamides is 1. The SMILES string of the molecule is C=C[C@@H]1CC1(NC(=O)[C@@H]1C[C@@H]2CN1C(=O)[C@H](C(C)(C)C)NC(=O)O[C@@H]1CCC[C@H]1C/C=C/c1ccc3ccnc(c3c1)O2)C(=O)NS(=O)(=O)C1CC1. The van der Waals surface area contributed by atoms with Crippen LogP contribution < -0.4 is 20.1 Å². The third-order valence-electron chi connectivity index (χ3n) is 11.1. The molecule has 278 valence electrons. The minimum atomic E-state index is -3.89. The van der Waals surface area contributed by atoms with Gasteiger partial charge in [0.25, 0.3) is 5.91 Å². The molecule has 3 saturated carbocycles. The Balaban J connectivity index is 1.23. The molecule has 2 aromatic rings. The molecule has 4 amide bonds. The van der Waals surface area contributed by atoms with Crippen molar-refractivity contribution in [2.75, 3.05) is 6.54 Å². The van der Waals surface area contributed by atoms with Crippen molar-refractivity contribution in [3.05, 3.63) is 54.8 Å². The molecule has 1 aromatic carbocycles. The van der Waals surface area contributed by atoms with Crippen molar-refractivity contribution in [2.24, 2.45) is 17.3 Å². The topological polar surface area (TPSA) is 173 Å². The van der Waals surface area contributed by atoms with Crippen LogP contribution in [0.4, 0.5) is 4.79 Å². The lowest BCUT2D eigenvalue weighted by atomic mass is 9.85. The van der Waals surface area contributed by atoms with E-state index in [0.717, 1.165) is 42.0 Å². The predicted octanol–water partition coefficient (Wildman–Crippen LogP) is 3.98. The van der Waals surface area contributed by atoms with Crippen LogP contribution in [0.3, 0.4) is 0 Å². The number of carbonyl (C=O) groups is 4. The maximum Gasteiger partial charge on any atom is 0.408 e. The summed E-state index contributed by atoms with van der Waals surface area (Å²) in [6, 6.07) is 5.68. The van der Waals surface area contributed by atoms with E-state index in [4.69, 9.17) is 9.47 Å². The molecule has 7 atom stereocenters. The van der Waals surface area contributed by atoms with Crippen molar-refractivity contribution >= 4 is 50.7 Å². The van der Waals surface area contributed by atoms with Crippen molar-refractivity contribution in [3.8, 4) is 5.88 Å². The number of allylic oxidation sites excluding steroid dienone is 1. The highest BCUT2D eigenvalue weighted by Crippen LogP contribution is 2.45. The van der Waals surface area contributed by atoms with Crippen LogP contribution in [0.2, 0.25) is 0 Å². The van der Waals surface area contributed by atoms with Gasteiger partial charge in [0.2, 0.25) is 27.7 Å². The van der Waals surface area contributed by atoms with Crippen LogP contribution in [0, 0.1) is 17.3 Å². The zero-order valence-corrected chi connectivity index (χ0v) is 30.6. The number of hydrogen-bond donors (Lipinski definition) is 3. The standard InChI is InChI=1S/C38H47N5O8S/c1-5-25-20-38(25,35(46)42-52(48,49)27-14-15-27)41-32(44)29-19-26-21-43(29)34(45)31(37(2,3)4)40-36(47)51-30-11-7-10-24(30)9-6-8-22-12-13-23-16-17-39-33(50-26)28(23)18-22/h5-6,8,12-13,16-18,24-27,29-31H,1,7,9-11,14-15,19-21H2,2-4H3,(H,40,47)(H,41,44)(H,42,46)/b8-6+/t24-,25-,26-,29+,30-,31-,38?/m1/s1. The number of amides is 4. The van der Waals surface area contributed by atoms with Crippen molar-refractivity contribution in [1.82, 2.24) is 25.2 Å². The molecule has 3 N–H and O–H groups in total. The van der Waals surface area contributed by atoms with Crippen LogP contribution >= 0.6 is 0 Å². The van der Waals surface area contributed by atoms with Gasteiger partial charge in [0, 0.05) is 23.9 Å². The first-order chi connectivity index (χ1) is 24.7. The number of carbonyl (C=O) groups excluding carboxylic acids is 4. The van der Waals surface area contributed by atoms with Crippen LogP contribution in [-0.2, 0) is 29.1 Å². The average Bonchev–Trinajstić information content (AvgIpc) is 3.98. The molecule has 1 saturated heterocycles. The lowest BCUT2D eigenvalue weighted by Crippen LogP contribution is -2.60. The number of hydrogen-bond acceptors (Lipinski definition) is 9. The van der Waals surface area contributed by atoms with E-state index in [1.165, 1.54) is 11.0 Å². The Morgan fingerprint density at radius 2 is 1.90 bits per heavy atom. The van der Waals surface area contributed by atoms with Crippen LogP contribution in [0.1, 0.15) is 77.7 Å². The van der Waals surface area contributed by atoms with Gasteiger partial charge in [0.1, 0.15) is 29.8 Å². The number of ether oxygens (including phenoxy) is 2. The fraction of sp³-hybridized carbons (Fsp3) is 0.553. The van der Waals surface area contributed by atoms with Gasteiger partial charge < -0.3 is 25.0 Å². The van der Waals surface area contributed by atoms with Crippen molar-refractivity contribution in [2.45, 2.75) is 107 Å². The molecule has 13 nitrogen and oxygen atoms in total. The highest BCUT2D eigenvalue weighted by molar-refractivity contribution is 7.91. The summed E-state index contributed by atoms with van der Waals surface area (Å²) in [4.78, 5) is 61.7. The molecule has 4 bridgehead atoms. The molecule has 3 heterocycles. The van der Waals surface area contributed by atoms with E-state index < -0.39 is 74.1 Å². The summed E-state index contributed by atoms with van der Waals surface area (Å²) in [5.41, 5.74) is -1.38. The van der Waals surface area contributed by atoms with Crippen molar-refractivity contribution in [1.29, 1.82) is 0 Å². The van der Waals surface area contributed by atoms with Crippen molar-refractivity contribution < 1.29 is 37.1 Å². The van der Waals surface area contributed by atoms with Crippen LogP contribution in [0.5, 0.6) is 5.88 Å². The predicted molar refractivity (Wildman–Crippen MR) is 193 cm³/mol. The van der Waals surface area contributed by atoms with E-state index in [1.807, 2.05) is 51.1 Å². The molecule has 1 aromatic heterocycles. The van der Waals surface area contributed by atoms with Gasteiger partial charge in [-0.3, -0.25) is 19.1 Å². The van der Waals surface area contributed by atoms with Gasteiger partial charge in [0.05, 0.1) is 11.8 Å². The molecular weight excluding hydrogens is 687 g/mol. The number of benzene rings is 1. The summed E-state index contributed by atoms with van der Waals surface area (Å²) in [6.07, 6.45) is 10.0. The summed E-state index contributed by atoms with van der Waals surface area (Å²) < 4.78 is 40.0. The second-order valence-corrected chi connectivity index (χ2v) is 17.9. The Labute approximate surface area is 304 Å². The smallest absolute Gasteiger partial charge is 0.408 e. The molecule has 14 heteroatoms. The maximum absolute atomic E-state index is 14.6. The normalized spacial score (nSPS) is 31.3. The van der Waals surface area contributed by atoms with Gasteiger partial charge in [0.15, 0.2) is 0 Å². The largest absolute Gasteiger partial charge is 0.472 e. The molecule has 5 aliphatic rings. The minimum Gasteiger partial charge on any atom is -0.472 e. The average molecular weight is 734 g/mol. The molecule has 7 rings (SSSR count). The molecule has 52 heavy (non-hydrogen) atoms. The van der Waals surface area contributed by atoms with Crippen LogP contribution in [-0.4, -0.2) is 83.7 Å². The Bertz CT molecular complexity index is 1940. The van der Waals surface area contributed by atoms with Gasteiger partial charge in [-0.25, -0.2) is 18.2 Å².